The average Bonchev–Trinajstić information content (AvgIpc) is 2.86. The van der Waals surface area contributed by atoms with Crippen molar-refractivity contribution < 1.29 is 9.31 Å². The summed E-state index contributed by atoms with van der Waals surface area (Å²) in [4.78, 5) is 0. The highest BCUT2D eigenvalue weighted by Crippen LogP contribution is 2.45. The molecule has 0 atom stereocenters. The monoisotopic (exact) mass is 315 g/mol. The summed E-state index contributed by atoms with van der Waals surface area (Å²) in [6.45, 7) is 12.4. The van der Waals surface area contributed by atoms with Crippen LogP contribution < -0.4 is 5.46 Å². The average molecular weight is 315 g/mol. The molecule has 1 saturated carbocycles. The summed E-state index contributed by atoms with van der Waals surface area (Å²) in [5.74, 6) is 0.646. The van der Waals surface area contributed by atoms with Crippen molar-refractivity contribution in [2.45, 2.75) is 77.5 Å². The molecule has 1 aliphatic carbocycles. The van der Waals surface area contributed by atoms with E-state index in [0.717, 1.165) is 24.0 Å². The van der Waals surface area contributed by atoms with E-state index in [0.29, 0.717) is 12.3 Å². The molecule has 2 heterocycles. The molecule has 1 aliphatic heterocycles. The molecular weight excluding hydrogens is 289 g/mol. The van der Waals surface area contributed by atoms with Crippen LogP contribution in [0.25, 0.3) is 0 Å². The fourth-order valence-corrected chi connectivity index (χ4v) is 3.71. The minimum absolute atomic E-state index is 0.152. The highest BCUT2D eigenvalue weighted by atomic mass is 16.7. The minimum atomic E-state index is -0.398. The lowest BCUT2D eigenvalue weighted by atomic mass is 9.67. The molecule has 23 heavy (non-hydrogen) atoms. The second-order valence-corrected chi connectivity index (χ2v) is 8.28. The van der Waals surface area contributed by atoms with Crippen molar-refractivity contribution in [3.8, 4) is 6.07 Å². The first kappa shape index (κ1) is 16.5. The molecule has 3 rings (SSSR count). The number of nitriles is 1. The van der Waals surface area contributed by atoms with E-state index >= 15 is 0 Å². The van der Waals surface area contributed by atoms with Gasteiger partial charge >= 0.3 is 7.12 Å². The number of hydrogen-bond acceptors (Lipinski definition) is 4. The van der Waals surface area contributed by atoms with Crippen molar-refractivity contribution in [2.75, 3.05) is 0 Å². The van der Waals surface area contributed by atoms with Crippen molar-refractivity contribution in [2.24, 2.45) is 5.92 Å². The first-order chi connectivity index (χ1) is 10.6. The van der Waals surface area contributed by atoms with Crippen molar-refractivity contribution >= 4 is 12.6 Å². The first-order valence-corrected chi connectivity index (χ1v) is 8.39. The minimum Gasteiger partial charge on any atom is -0.399 e. The number of hydrogen-bond donors (Lipinski definition) is 0. The Labute approximate surface area is 139 Å². The van der Waals surface area contributed by atoms with Crippen LogP contribution >= 0.6 is 0 Å². The SMILES string of the molecule is Cc1nn([C@]2(CC#N)C[C@H](C)C2)cc1B1OC(C)(C)C(C)(C)O1. The van der Waals surface area contributed by atoms with Gasteiger partial charge < -0.3 is 9.31 Å². The largest absolute Gasteiger partial charge is 0.498 e. The quantitative estimate of drug-likeness (QED) is 0.804. The summed E-state index contributed by atoms with van der Waals surface area (Å²) in [5, 5.41) is 13.9. The van der Waals surface area contributed by atoms with Crippen LogP contribution in [0.5, 0.6) is 0 Å². The highest BCUT2D eigenvalue weighted by molar-refractivity contribution is 6.62. The van der Waals surface area contributed by atoms with Crippen LogP contribution in [-0.4, -0.2) is 28.1 Å². The summed E-state index contributed by atoms with van der Waals surface area (Å²) >= 11 is 0. The molecule has 0 bridgehead atoms. The topological polar surface area (TPSA) is 60.1 Å². The fraction of sp³-hybridized carbons (Fsp3) is 0.765. The predicted octanol–water partition coefficient (Wildman–Crippen LogP) is 2.53. The molecule has 0 amide bonds. The molecule has 0 radical (unpaired) electrons. The summed E-state index contributed by atoms with van der Waals surface area (Å²) < 4.78 is 14.3. The lowest BCUT2D eigenvalue weighted by molar-refractivity contribution is 0.00578. The Balaban J connectivity index is 1.90. The smallest absolute Gasteiger partial charge is 0.399 e. The van der Waals surface area contributed by atoms with Gasteiger partial charge in [-0.2, -0.15) is 10.4 Å². The molecule has 2 aliphatic rings. The Kier molecular flexibility index (Phi) is 3.66. The molecule has 6 heteroatoms. The molecule has 2 fully saturated rings. The number of aryl methyl sites for hydroxylation is 1. The van der Waals surface area contributed by atoms with E-state index in [-0.39, 0.29) is 16.7 Å². The molecule has 5 nitrogen and oxygen atoms in total. The Morgan fingerprint density at radius 3 is 2.35 bits per heavy atom. The van der Waals surface area contributed by atoms with E-state index in [1.54, 1.807) is 0 Å². The molecule has 0 N–H and O–H groups in total. The maximum atomic E-state index is 9.20. The summed E-state index contributed by atoms with van der Waals surface area (Å²) in [6.07, 6.45) is 4.54. The van der Waals surface area contributed by atoms with Gasteiger partial charge in [0.05, 0.1) is 34.9 Å². The zero-order chi connectivity index (χ0) is 17.0. The summed E-state index contributed by atoms with van der Waals surface area (Å²) in [5.41, 5.74) is 1.02. The van der Waals surface area contributed by atoms with E-state index in [1.807, 2.05) is 17.8 Å². The second kappa shape index (κ2) is 5.09. The summed E-state index contributed by atoms with van der Waals surface area (Å²) in [6, 6.07) is 2.33. The molecule has 1 saturated heterocycles. The first-order valence-electron chi connectivity index (χ1n) is 8.39. The molecular formula is C17H26BN3O2. The van der Waals surface area contributed by atoms with Gasteiger partial charge in [0.25, 0.3) is 0 Å². The lowest BCUT2D eigenvalue weighted by Gasteiger charge is -2.45. The standard InChI is InChI=1S/C17H26BN3O2/c1-12-9-17(10-12,7-8-19)21-11-14(13(2)20-21)18-22-15(3,4)16(5,6)23-18/h11-12H,7,9-10H2,1-6H3/t12-,17+. The van der Waals surface area contributed by atoms with Crippen molar-refractivity contribution in [3.05, 3.63) is 11.9 Å². The number of aromatic nitrogens is 2. The third kappa shape index (κ3) is 2.51. The van der Waals surface area contributed by atoms with Gasteiger partial charge in [-0.05, 0) is 53.4 Å². The van der Waals surface area contributed by atoms with E-state index < -0.39 is 7.12 Å². The lowest BCUT2D eigenvalue weighted by Crippen LogP contribution is -2.46. The van der Waals surface area contributed by atoms with Crippen molar-refractivity contribution in [1.29, 1.82) is 5.26 Å². The zero-order valence-electron chi connectivity index (χ0n) is 15.0. The molecule has 1 aromatic heterocycles. The van der Waals surface area contributed by atoms with Crippen molar-refractivity contribution in [3.63, 3.8) is 0 Å². The van der Waals surface area contributed by atoms with Gasteiger partial charge in [-0.25, -0.2) is 0 Å². The van der Waals surface area contributed by atoms with Gasteiger partial charge in [-0.15, -0.1) is 0 Å². The zero-order valence-corrected chi connectivity index (χ0v) is 15.0. The third-order valence-corrected chi connectivity index (χ3v) is 5.80. The Bertz CT molecular complexity index is 637. The third-order valence-electron chi connectivity index (χ3n) is 5.80. The maximum absolute atomic E-state index is 9.20. The van der Waals surface area contributed by atoms with Gasteiger partial charge in [0.1, 0.15) is 0 Å². The molecule has 124 valence electrons. The van der Waals surface area contributed by atoms with Crippen LogP contribution in [-0.2, 0) is 14.8 Å². The maximum Gasteiger partial charge on any atom is 0.498 e. The molecule has 0 aromatic carbocycles. The van der Waals surface area contributed by atoms with Crippen LogP contribution in [0, 0.1) is 24.2 Å². The molecule has 0 spiro atoms. The fourth-order valence-electron chi connectivity index (χ4n) is 3.71. The second-order valence-electron chi connectivity index (χ2n) is 8.28. The van der Waals surface area contributed by atoms with Gasteiger partial charge in [-0.3, -0.25) is 4.68 Å². The van der Waals surface area contributed by atoms with E-state index in [2.05, 4.69) is 40.7 Å². The predicted molar refractivity (Wildman–Crippen MR) is 89.3 cm³/mol. The van der Waals surface area contributed by atoms with Crippen LogP contribution in [0.4, 0.5) is 0 Å². The Morgan fingerprint density at radius 2 is 1.87 bits per heavy atom. The van der Waals surface area contributed by atoms with E-state index in [4.69, 9.17) is 14.4 Å². The normalized spacial score (nSPS) is 31.7. The van der Waals surface area contributed by atoms with Gasteiger partial charge in [0.15, 0.2) is 0 Å². The van der Waals surface area contributed by atoms with Crippen LogP contribution in [0.3, 0.4) is 0 Å². The van der Waals surface area contributed by atoms with E-state index in [9.17, 15) is 5.26 Å². The number of nitrogens with zero attached hydrogens (tertiary/aromatic N) is 3. The Hall–Kier alpha value is -1.32. The van der Waals surface area contributed by atoms with Gasteiger partial charge in [0.2, 0.25) is 0 Å². The highest BCUT2D eigenvalue weighted by Gasteiger charge is 2.53. The van der Waals surface area contributed by atoms with Crippen LogP contribution in [0.15, 0.2) is 6.20 Å². The van der Waals surface area contributed by atoms with Gasteiger partial charge in [-0.1, -0.05) is 6.92 Å². The number of rotatable bonds is 3. The Morgan fingerprint density at radius 1 is 1.30 bits per heavy atom. The van der Waals surface area contributed by atoms with E-state index in [1.165, 1.54) is 0 Å². The summed E-state index contributed by atoms with van der Waals surface area (Å²) in [7, 11) is -0.398. The molecule has 1 aromatic rings. The molecule has 0 unspecified atom stereocenters. The van der Waals surface area contributed by atoms with Gasteiger partial charge in [0, 0.05) is 11.7 Å². The van der Waals surface area contributed by atoms with Crippen molar-refractivity contribution in [1.82, 2.24) is 9.78 Å². The van der Waals surface area contributed by atoms with Crippen LogP contribution in [0.2, 0.25) is 0 Å². The van der Waals surface area contributed by atoms with Crippen LogP contribution in [0.1, 0.15) is 59.6 Å².